The zero-order chi connectivity index (χ0) is 16.7. The minimum absolute atomic E-state index is 0.288. The number of halogens is 2. The number of rotatable bonds is 4. The van der Waals surface area contributed by atoms with E-state index in [-0.39, 0.29) is 5.89 Å². The first-order valence-corrected chi connectivity index (χ1v) is 8.18. The highest BCUT2D eigenvalue weighted by Crippen LogP contribution is 2.40. The van der Waals surface area contributed by atoms with E-state index in [4.69, 9.17) is 4.52 Å². The van der Waals surface area contributed by atoms with Gasteiger partial charge < -0.3 is 9.84 Å². The van der Waals surface area contributed by atoms with Crippen LogP contribution in [0, 0.1) is 11.6 Å². The quantitative estimate of drug-likeness (QED) is 0.768. The average molecular weight is 347 g/mol. The molecule has 1 aliphatic rings. The number of hydrogen-bond donors (Lipinski definition) is 1. The smallest absolute Gasteiger partial charge is 0.270 e. The predicted molar refractivity (Wildman–Crippen MR) is 83.9 cm³/mol. The zero-order valence-corrected chi connectivity index (χ0v) is 13.1. The van der Waals surface area contributed by atoms with Crippen molar-refractivity contribution in [2.24, 2.45) is 0 Å². The van der Waals surface area contributed by atoms with Gasteiger partial charge >= 0.3 is 0 Å². The van der Waals surface area contributed by atoms with Crippen molar-refractivity contribution in [1.29, 1.82) is 0 Å². The number of benzene rings is 1. The summed E-state index contributed by atoms with van der Waals surface area (Å²) in [5.74, 6) is -1.43. The van der Waals surface area contributed by atoms with E-state index in [1.54, 1.807) is 11.4 Å². The van der Waals surface area contributed by atoms with Gasteiger partial charge in [-0.25, -0.2) is 8.78 Å². The zero-order valence-electron chi connectivity index (χ0n) is 12.3. The van der Waals surface area contributed by atoms with Crippen molar-refractivity contribution in [3.05, 3.63) is 52.7 Å². The van der Waals surface area contributed by atoms with Crippen LogP contribution in [0.1, 0.15) is 34.9 Å². The summed E-state index contributed by atoms with van der Waals surface area (Å²) < 4.78 is 32.7. The molecule has 0 unspecified atom stereocenters. The lowest BCUT2D eigenvalue weighted by Gasteiger charge is -2.06. The molecule has 1 amide bonds. The Labute approximate surface area is 139 Å². The van der Waals surface area contributed by atoms with Crippen molar-refractivity contribution < 1.29 is 18.1 Å². The lowest BCUT2D eigenvalue weighted by molar-refractivity contribution is 0.101. The van der Waals surface area contributed by atoms with Gasteiger partial charge in [-0.05, 0) is 36.4 Å². The summed E-state index contributed by atoms with van der Waals surface area (Å²) >= 11 is 1.30. The highest BCUT2D eigenvalue weighted by molar-refractivity contribution is 7.14. The third-order valence-corrected chi connectivity index (χ3v) is 4.58. The number of aromatic nitrogens is 2. The van der Waals surface area contributed by atoms with Crippen LogP contribution in [-0.4, -0.2) is 16.0 Å². The number of carbonyl (C=O) groups is 1. The molecule has 1 fully saturated rings. The van der Waals surface area contributed by atoms with Crippen LogP contribution in [-0.2, 0) is 0 Å². The SMILES string of the molecule is O=C(Nc1ccsc1-c1nc(C2CC2)no1)c1c(F)cccc1F. The molecule has 2 heterocycles. The molecule has 1 saturated carbocycles. The van der Waals surface area contributed by atoms with E-state index in [0.29, 0.717) is 22.3 Å². The lowest BCUT2D eigenvalue weighted by atomic mass is 10.2. The van der Waals surface area contributed by atoms with Crippen molar-refractivity contribution in [3.8, 4) is 10.8 Å². The molecule has 5 nitrogen and oxygen atoms in total. The molecular weight excluding hydrogens is 336 g/mol. The standard InChI is InChI=1S/C16H11F2N3O2S/c17-9-2-1-3-10(18)12(9)15(22)19-11-6-7-24-13(11)16-20-14(21-23-16)8-4-5-8/h1-3,6-8H,4-5H2,(H,19,22). The maximum Gasteiger partial charge on any atom is 0.270 e. The summed E-state index contributed by atoms with van der Waals surface area (Å²) in [6.45, 7) is 0. The Balaban J connectivity index is 1.61. The largest absolute Gasteiger partial charge is 0.333 e. The van der Waals surface area contributed by atoms with E-state index in [0.717, 1.165) is 25.0 Å². The molecular formula is C16H11F2N3O2S. The summed E-state index contributed by atoms with van der Waals surface area (Å²) in [5.41, 5.74) is -0.252. The van der Waals surface area contributed by atoms with Gasteiger partial charge in [0, 0.05) is 5.92 Å². The second-order valence-electron chi connectivity index (χ2n) is 5.45. The highest BCUT2D eigenvalue weighted by atomic mass is 32.1. The molecule has 0 aliphatic heterocycles. The van der Waals surface area contributed by atoms with Gasteiger partial charge in [-0.3, -0.25) is 4.79 Å². The van der Waals surface area contributed by atoms with Crippen LogP contribution in [0.5, 0.6) is 0 Å². The van der Waals surface area contributed by atoms with Gasteiger partial charge in [0.2, 0.25) is 0 Å². The lowest BCUT2D eigenvalue weighted by Crippen LogP contribution is -2.15. The van der Waals surface area contributed by atoms with Gasteiger partial charge in [-0.1, -0.05) is 11.2 Å². The molecule has 0 atom stereocenters. The van der Waals surface area contributed by atoms with E-state index in [2.05, 4.69) is 15.5 Å². The van der Waals surface area contributed by atoms with E-state index >= 15 is 0 Å². The highest BCUT2D eigenvalue weighted by Gasteiger charge is 2.29. The van der Waals surface area contributed by atoms with Crippen LogP contribution in [0.2, 0.25) is 0 Å². The maximum atomic E-state index is 13.7. The first-order valence-electron chi connectivity index (χ1n) is 7.30. The molecule has 3 aromatic rings. The molecule has 4 rings (SSSR count). The first kappa shape index (κ1) is 14.9. The average Bonchev–Trinajstić information content (AvgIpc) is 3.10. The Morgan fingerprint density at radius 1 is 1.25 bits per heavy atom. The molecule has 0 radical (unpaired) electrons. The van der Waals surface area contributed by atoms with Crippen molar-refractivity contribution in [3.63, 3.8) is 0 Å². The Morgan fingerprint density at radius 3 is 2.71 bits per heavy atom. The number of hydrogen-bond acceptors (Lipinski definition) is 5. The van der Waals surface area contributed by atoms with Crippen molar-refractivity contribution in [2.75, 3.05) is 5.32 Å². The molecule has 0 saturated heterocycles. The van der Waals surface area contributed by atoms with E-state index < -0.39 is 23.1 Å². The first-order chi connectivity index (χ1) is 11.6. The van der Waals surface area contributed by atoms with Gasteiger partial charge in [0.25, 0.3) is 11.8 Å². The second kappa shape index (κ2) is 5.79. The van der Waals surface area contributed by atoms with Crippen LogP contribution in [0.25, 0.3) is 10.8 Å². The monoisotopic (exact) mass is 347 g/mol. The summed E-state index contributed by atoms with van der Waals surface area (Å²) in [6.07, 6.45) is 2.08. The molecule has 8 heteroatoms. The van der Waals surface area contributed by atoms with Crippen LogP contribution in [0.15, 0.2) is 34.2 Å². The van der Waals surface area contributed by atoms with Gasteiger partial charge in [0.05, 0.1) is 5.69 Å². The summed E-state index contributed by atoms with van der Waals surface area (Å²) in [7, 11) is 0. The minimum atomic E-state index is -0.918. The molecule has 122 valence electrons. The number of nitrogens with zero attached hydrogens (tertiary/aromatic N) is 2. The molecule has 1 N–H and O–H groups in total. The molecule has 0 bridgehead atoms. The van der Waals surface area contributed by atoms with E-state index in [1.165, 1.54) is 17.4 Å². The van der Waals surface area contributed by atoms with Crippen LogP contribution >= 0.6 is 11.3 Å². The maximum absolute atomic E-state index is 13.7. The van der Waals surface area contributed by atoms with Gasteiger partial charge in [0.1, 0.15) is 22.1 Å². The molecule has 0 spiro atoms. The summed E-state index contributed by atoms with van der Waals surface area (Å²) in [5, 5.41) is 8.16. The normalized spacial score (nSPS) is 13.9. The number of nitrogens with one attached hydrogen (secondary N) is 1. The Morgan fingerprint density at radius 2 is 2.00 bits per heavy atom. The fraction of sp³-hybridized carbons (Fsp3) is 0.188. The molecule has 2 aromatic heterocycles. The molecule has 1 aromatic carbocycles. The summed E-state index contributed by atoms with van der Waals surface area (Å²) in [4.78, 5) is 17.1. The van der Waals surface area contributed by atoms with Crippen LogP contribution in [0.4, 0.5) is 14.5 Å². The number of amides is 1. The second-order valence-corrected chi connectivity index (χ2v) is 6.36. The number of thiophene rings is 1. The summed E-state index contributed by atoms with van der Waals surface area (Å²) in [6, 6.07) is 4.89. The van der Waals surface area contributed by atoms with Gasteiger partial charge in [-0.2, -0.15) is 4.98 Å². The number of carbonyl (C=O) groups excluding carboxylic acids is 1. The van der Waals surface area contributed by atoms with Crippen molar-refractivity contribution >= 4 is 22.9 Å². The van der Waals surface area contributed by atoms with Crippen LogP contribution < -0.4 is 5.32 Å². The van der Waals surface area contributed by atoms with Crippen molar-refractivity contribution in [2.45, 2.75) is 18.8 Å². The fourth-order valence-electron chi connectivity index (χ4n) is 2.31. The Bertz CT molecular complexity index is 897. The third kappa shape index (κ3) is 2.69. The third-order valence-electron chi connectivity index (χ3n) is 3.68. The van der Waals surface area contributed by atoms with E-state index in [1.807, 2.05) is 0 Å². The molecule has 24 heavy (non-hydrogen) atoms. The fourth-order valence-corrected chi connectivity index (χ4v) is 3.08. The van der Waals surface area contributed by atoms with Gasteiger partial charge in [-0.15, -0.1) is 11.3 Å². The van der Waals surface area contributed by atoms with E-state index in [9.17, 15) is 13.6 Å². The Kier molecular flexibility index (Phi) is 3.61. The van der Waals surface area contributed by atoms with Crippen molar-refractivity contribution in [1.82, 2.24) is 10.1 Å². The van der Waals surface area contributed by atoms with Gasteiger partial charge in [0.15, 0.2) is 5.82 Å². The minimum Gasteiger partial charge on any atom is -0.333 e. The molecule has 1 aliphatic carbocycles. The number of anilines is 1. The topological polar surface area (TPSA) is 68.0 Å². The Hall–Kier alpha value is -2.61. The predicted octanol–water partition coefficient (Wildman–Crippen LogP) is 4.21. The van der Waals surface area contributed by atoms with Crippen LogP contribution in [0.3, 0.4) is 0 Å².